The minimum absolute atomic E-state index is 0.267. The van der Waals surface area contributed by atoms with Crippen molar-refractivity contribution in [3.63, 3.8) is 0 Å². The fraction of sp³-hybridized carbons (Fsp3) is 1.00. The first-order valence-corrected chi connectivity index (χ1v) is 7.10. The molecule has 0 spiro atoms. The standard InChI is InChI=1S/C14H30N2O/c1-11(2)9-12(3)16(4)8-7-14(10-17)15-13-5-6-13/h11-15,17H,5-10H2,1-4H3. The molecule has 1 fully saturated rings. The summed E-state index contributed by atoms with van der Waals surface area (Å²) >= 11 is 0. The van der Waals surface area contributed by atoms with Gasteiger partial charge in [0.05, 0.1) is 6.61 Å². The molecule has 1 rings (SSSR count). The molecule has 102 valence electrons. The van der Waals surface area contributed by atoms with Gasteiger partial charge < -0.3 is 15.3 Å². The van der Waals surface area contributed by atoms with Gasteiger partial charge in [0.1, 0.15) is 0 Å². The molecule has 1 saturated carbocycles. The van der Waals surface area contributed by atoms with Crippen molar-refractivity contribution in [1.82, 2.24) is 10.2 Å². The van der Waals surface area contributed by atoms with Crippen molar-refractivity contribution in [3.8, 4) is 0 Å². The van der Waals surface area contributed by atoms with E-state index < -0.39 is 0 Å². The highest BCUT2D eigenvalue weighted by molar-refractivity contribution is 4.85. The van der Waals surface area contributed by atoms with Crippen LogP contribution in [-0.4, -0.2) is 48.3 Å². The van der Waals surface area contributed by atoms with Crippen LogP contribution in [-0.2, 0) is 0 Å². The number of aliphatic hydroxyl groups is 1. The smallest absolute Gasteiger partial charge is 0.0585 e. The van der Waals surface area contributed by atoms with Crippen LogP contribution in [0.5, 0.6) is 0 Å². The van der Waals surface area contributed by atoms with E-state index >= 15 is 0 Å². The van der Waals surface area contributed by atoms with Gasteiger partial charge in [-0.25, -0.2) is 0 Å². The molecule has 1 aliphatic carbocycles. The lowest BCUT2D eigenvalue weighted by molar-refractivity contribution is 0.188. The zero-order chi connectivity index (χ0) is 12.8. The van der Waals surface area contributed by atoms with Crippen molar-refractivity contribution in [2.45, 2.75) is 64.6 Å². The van der Waals surface area contributed by atoms with Crippen LogP contribution >= 0.6 is 0 Å². The molecule has 3 heteroatoms. The van der Waals surface area contributed by atoms with Crippen LogP contribution in [0.1, 0.15) is 46.5 Å². The van der Waals surface area contributed by atoms with E-state index in [2.05, 4.69) is 38.0 Å². The van der Waals surface area contributed by atoms with Crippen molar-refractivity contribution in [3.05, 3.63) is 0 Å². The lowest BCUT2D eigenvalue weighted by Crippen LogP contribution is -2.39. The van der Waals surface area contributed by atoms with E-state index in [-0.39, 0.29) is 12.6 Å². The third-order valence-electron chi connectivity index (χ3n) is 3.66. The largest absolute Gasteiger partial charge is 0.395 e. The van der Waals surface area contributed by atoms with E-state index in [1.54, 1.807) is 0 Å². The molecule has 1 aliphatic rings. The number of rotatable bonds is 9. The summed E-state index contributed by atoms with van der Waals surface area (Å²) in [6.45, 7) is 8.18. The molecule has 2 N–H and O–H groups in total. The highest BCUT2D eigenvalue weighted by Crippen LogP contribution is 2.20. The summed E-state index contributed by atoms with van der Waals surface area (Å²) < 4.78 is 0. The molecule has 0 aromatic heterocycles. The van der Waals surface area contributed by atoms with E-state index in [0.717, 1.165) is 18.9 Å². The monoisotopic (exact) mass is 242 g/mol. The molecule has 0 heterocycles. The predicted molar refractivity (Wildman–Crippen MR) is 73.2 cm³/mol. The number of hydrogen-bond acceptors (Lipinski definition) is 3. The third-order valence-corrected chi connectivity index (χ3v) is 3.66. The SMILES string of the molecule is CC(C)CC(C)N(C)CCC(CO)NC1CC1. The summed E-state index contributed by atoms with van der Waals surface area (Å²) in [5.41, 5.74) is 0. The first-order valence-electron chi connectivity index (χ1n) is 7.10. The topological polar surface area (TPSA) is 35.5 Å². The number of nitrogens with zero attached hydrogens (tertiary/aromatic N) is 1. The molecular formula is C14H30N2O. The summed E-state index contributed by atoms with van der Waals surface area (Å²) in [5.74, 6) is 0.755. The van der Waals surface area contributed by atoms with E-state index in [4.69, 9.17) is 0 Å². The molecule has 0 aromatic carbocycles. The van der Waals surface area contributed by atoms with Gasteiger partial charge in [0.15, 0.2) is 0 Å². The average molecular weight is 242 g/mol. The Morgan fingerprint density at radius 2 is 1.94 bits per heavy atom. The molecule has 0 saturated heterocycles. The molecule has 0 amide bonds. The van der Waals surface area contributed by atoms with Crippen LogP contribution < -0.4 is 5.32 Å². The molecule has 0 aliphatic heterocycles. The Morgan fingerprint density at radius 3 is 2.41 bits per heavy atom. The molecule has 0 aromatic rings. The molecule has 2 unspecified atom stereocenters. The molecule has 3 nitrogen and oxygen atoms in total. The number of nitrogens with one attached hydrogen (secondary N) is 1. The van der Waals surface area contributed by atoms with Gasteiger partial charge in [-0.2, -0.15) is 0 Å². The summed E-state index contributed by atoms with van der Waals surface area (Å²) in [6, 6.07) is 1.61. The van der Waals surface area contributed by atoms with Crippen molar-refractivity contribution in [1.29, 1.82) is 0 Å². The van der Waals surface area contributed by atoms with Crippen LogP contribution in [0, 0.1) is 5.92 Å². The summed E-state index contributed by atoms with van der Waals surface area (Å²) in [5, 5.41) is 12.8. The van der Waals surface area contributed by atoms with E-state index in [1.165, 1.54) is 19.3 Å². The zero-order valence-corrected chi connectivity index (χ0v) is 11.9. The van der Waals surface area contributed by atoms with Gasteiger partial charge in [-0.1, -0.05) is 13.8 Å². The normalized spacial score (nSPS) is 19.9. The van der Waals surface area contributed by atoms with Gasteiger partial charge in [-0.15, -0.1) is 0 Å². The molecule has 0 radical (unpaired) electrons. The minimum Gasteiger partial charge on any atom is -0.395 e. The fourth-order valence-electron chi connectivity index (χ4n) is 2.25. The van der Waals surface area contributed by atoms with Gasteiger partial charge in [-0.3, -0.25) is 0 Å². The minimum atomic E-state index is 0.267. The van der Waals surface area contributed by atoms with Crippen molar-refractivity contribution < 1.29 is 5.11 Å². The fourth-order valence-corrected chi connectivity index (χ4v) is 2.25. The van der Waals surface area contributed by atoms with Gasteiger partial charge in [-0.05, 0) is 52.1 Å². The third kappa shape index (κ3) is 6.39. The van der Waals surface area contributed by atoms with Crippen LogP contribution in [0.4, 0.5) is 0 Å². The molecule has 17 heavy (non-hydrogen) atoms. The Balaban J connectivity index is 2.17. The maximum Gasteiger partial charge on any atom is 0.0585 e. The Morgan fingerprint density at radius 1 is 1.29 bits per heavy atom. The Kier molecular flexibility index (Phi) is 6.45. The van der Waals surface area contributed by atoms with Crippen molar-refractivity contribution >= 4 is 0 Å². The van der Waals surface area contributed by atoms with Crippen LogP contribution in [0.25, 0.3) is 0 Å². The first-order chi connectivity index (χ1) is 8.02. The maximum absolute atomic E-state index is 9.32. The number of hydrogen-bond donors (Lipinski definition) is 2. The Bertz CT molecular complexity index is 204. The van der Waals surface area contributed by atoms with E-state index in [0.29, 0.717) is 12.1 Å². The van der Waals surface area contributed by atoms with E-state index in [1.807, 2.05) is 0 Å². The van der Waals surface area contributed by atoms with Crippen LogP contribution in [0.15, 0.2) is 0 Å². The Labute approximate surface area is 107 Å². The summed E-state index contributed by atoms with van der Waals surface area (Å²) in [6.07, 6.45) is 4.87. The molecular weight excluding hydrogens is 212 g/mol. The predicted octanol–water partition coefficient (Wildman–Crippen LogP) is 1.86. The van der Waals surface area contributed by atoms with Crippen molar-refractivity contribution in [2.24, 2.45) is 5.92 Å². The van der Waals surface area contributed by atoms with Gasteiger partial charge in [0.25, 0.3) is 0 Å². The van der Waals surface area contributed by atoms with Gasteiger partial charge in [0, 0.05) is 18.1 Å². The lowest BCUT2D eigenvalue weighted by Gasteiger charge is -2.28. The highest BCUT2D eigenvalue weighted by Gasteiger charge is 2.24. The van der Waals surface area contributed by atoms with E-state index in [9.17, 15) is 5.11 Å². The second kappa shape index (κ2) is 7.34. The lowest BCUT2D eigenvalue weighted by atomic mass is 10.0. The van der Waals surface area contributed by atoms with Gasteiger partial charge in [0.2, 0.25) is 0 Å². The number of aliphatic hydroxyl groups excluding tert-OH is 1. The molecule has 2 atom stereocenters. The van der Waals surface area contributed by atoms with Crippen LogP contribution in [0.2, 0.25) is 0 Å². The quantitative estimate of drug-likeness (QED) is 0.648. The average Bonchev–Trinajstić information content (AvgIpc) is 3.06. The second-order valence-electron chi connectivity index (χ2n) is 6.07. The molecule has 0 bridgehead atoms. The second-order valence-corrected chi connectivity index (χ2v) is 6.07. The maximum atomic E-state index is 9.32. The summed E-state index contributed by atoms with van der Waals surface area (Å²) in [4.78, 5) is 2.41. The first kappa shape index (κ1) is 14.9. The summed E-state index contributed by atoms with van der Waals surface area (Å²) in [7, 11) is 2.19. The van der Waals surface area contributed by atoms with Crippen molar-refractivity contribution in [2.75, 3.05) is 20.2 Å². The highest BCUT2D eigenvalue weighted by atomic mass is 16.3. The Hall–Kier alpha value is -0.120. The zero-order valence-electron chi connectivity index (χ0n) is 11.9. The van der Waals surface area contributed by atoms with Gasteiger partial charge >= 0.3 is 0 Å². The van der Waals surface area contributed by atoms with Crippen LogP contribution in [0.3, 0.4) is 0 Å².